The minimum absolute atomic E-state index is 0.0568. The summed E-state index contributed by atoms with van der Waals surface area (Å²) in [4.78, 5) is 13.2. The first kappa shape index (κ1) is 19.2. The molecular weight excluding hydrogens is 414 g/mol. The first-order chi connectivity index (χ1) is 13.8. The predicted octanol–water partition coefficient (Wildman–Crippen LogP) is 4.13. The van der Waals surface area contributed by atoms with E-state index >= 15 is 0 Å². The molecule has 0 atom stereocenters. The molecule has 0 saturated heterocycles. The van der Waals surface area contributed by atoms with Crippen molar-refractivity contribution in [2.45, 2.75) is 4.90 Å². The van der Waals surface area contributed by atoms with Crippen molar-refractivity contribution in [3.8, 4) is 28.2 Å². The monoisotopic (exact) mass is 427 g/mol. The quantitative estimate of drug-likeness (QED) is 0.510. The predicted molar refractivity (Wildman–Crippen MR) is 111 cm³/mol. The van der Waals surface area contributed by atoms with E-state index in [0.717, 1.165) is 0 Å². The minimum Gasteiger partial charge on any atom is -0.506 e. The van der Waals surface area contributed by atoms with Gasteiger partial charge in [-0.1, -0.05) is 29.8 Å². The molecule has 1 heterocycles. The molecule has 29 heavy (non-hydrogen) atoms. The maximum absolute atomic E-state index is 13.3. The number of sulfonamides is 1. The number of phenols is 1. The number of hydrogen-bond acceptors (Lipinski definition) is 5. The summed E-state index contributed by atoms with van der Waals surface area (Å²) in [5.74, 6) is 0.135. The van der Waals surface area contributed by atoms with Crippen molar-refractivity contribution >= 4 is 32.6 Å². The van der Waals surface area contributed by atoms with Gasteiger partial charge in [-0.3, -0.25) is 4.79 Å². The zero-order chi connectivity index (χ0) is 20.8. The van der Waals surface area contributed by atoms with Gasteiger partial charge in [0, 0.05) is 5.56 Å². The molecule has 0 spiro atoms. The average molecular weight is 428 g/mol. The molecular formula is C21H14ClNO5S. The van der Waals surface area contributed by atoms with Gasteiger partial charge >= 0.3 is 0 Å². The molecule has 0 fully saturated rings. The summed E-state index contributed by atoms with van der Waals surface area (Å²) in [7, 11) is -3.85. The Morgan fingerprint density at radius 1 is 0.931 bits per heavy atom. The van der Waals surface area contributed by atoms with Crippen LogP contribution < -0.4 is 10.6 Å². The van der Waals surface area contributed by atoms with E-state index in [1.165, 1.54) is 36.4 Å². The molecule has 0 unspecified atom stereocenters. The lowest BCUT2D eigenvalue weighted by Gasteiger charge is -2.11. The van der Waals surface area contributed by atoms with Gasteiger partial charge in [0.2, 0.25) is 15.5 Å². The zero-order valence-electron chi connectivity index (χ0n) is 14.8. The number of rotatable bonds is 3. The van der Waals surface area contributed by atoms with E-state index in [1.807, 2.05) is 0 Å². The molecule has 0 radical (unpaired) electrons. The Morgan fingerprint density at radius 2 is 1.59 bits per heavy atom. The third kappa shape index (κ3) is 3.51. The minimum atomic E-state index is -3.85. The fourth-order valence-electron chi connectivity index (χ4n) is 3.07. The van der Waals surface area contributed by atoms with Crippen LogP contribution in [0.5, 0.6) is 5.75 Å². The maximum atomic E-state index is 13.3. The van der Waals surface area contributed by atoms with E-state index in [9.17, 15) is 18.3 Å². The van der Waals surface area contributed by atoms with Gasteiger partial charge in [-0.05, 0) is 54.1 Å². The van der Waals surface area contributed by atoms with Crippen LogP contribution in [0.2, 0.25) is 5.02 Å². The van der Waals surface area contributed by atoms with Crippen LogP contribution in [0.3, 0.4) is 0 Å². The number of benzene rings is 3. The van der Waals surface area contributed by atoms with Gasteiger partial charge in [0.1, 0.15) is 17.1 Å². The third-order valence-electron chi connectivity index (χ3n) is 4.48. The number of para-hydroxylation sites is 1. The molecule has 0 saturated carbocycles. The second-order valence-corrected chi connectivity index (χ2v) is 8.34. The number of hydrogen-bond donors (Lipinski definition) is 2. The Bertz CT molecular complexity index is 1410. The summed E-state index contributed by atoms with van der Waals surface area (Å²) in [6.07, 6.45) is 0. The van der Waals surface area contributed by atoms with Gasteiger partial charge in [-0.15, -0.1) is 0 Å². The second kappa shape index (κ2) is 7.04. The number of halogens is 1. The van der Waals surface area contributed by atoms with Crippen LogP contribution in [0.15, 0.2) is 80.8 Å². The van der Waals surface area contributed by atoms with Crippen molar-refractivity contribution in [2.75, 3.05) is 0 Å². The first-order valence-electron chi connectivity index (χ1n) is 8.43. The molecule has 146 valence electrons. The van der Waals surface area contributed by atoms with Crippen molar-refractivity contribution in [3.63, 3.8) is 0 Å². The molecule has 0 aliphatic carbocycles. The van der Waals surface area contributed by atoms with Gasteiger partial charge in [-0.25, -0.2) is 13.6 Å². The SMILES string of the molecule is NS(=O)(=O)c1ccc(-c2oc3ccccc3c(=O)c2-c2ccc(O)c(Cl)c2)cc1. The topological polar surface area (TPSA) is 111 Å². The van der Waals surface area contributed by atoms with E-state index in [4.69, 9.17) is 21.2 Å². The largest absolute Gasteiger partial charge is 0.506 e. The van der Waals surface area contributed by atoms with Crippen LogP contribution in [0.1, 0.15) is 0 Å². The van der Waals surface area contributed by atoms with Crippen LogP contribution in [-0.4, -0.2) is 13.5 Å². The number of phenolic OH excluding ortho intramolecular Hbond substituents is 1. The highest BCUT2D eigenvalue weighted by Crippen LogP contribution is 2.35. The zero-order valence-corrected chi connectivity index (χ0v) is 16.4. The molecule has 0 aliphatic rings. The number of primary sulfonamides is 1. The fraction of sp³-hybridized carbons (Fsp3) is 0. The Morgan fingerprint density at radius 3 is 2.24 bits per heavy atom. The lowest BCUT2D eigenvalue weighted by Crippen LogP contribution is -2.12. The van der Waals surface area contributed by atoms with Crippen molar-refractivity contribution < 1.29 is 17.9 Å². The number of fused-ring (bicyclic) bond motifs is 1. The maximum Gasteiger partial charge on any atom is 0.238 e. The standard InChI is InChI=1S/C21H14ClNO5S/c22-16-11-13(7-10-17(16)24)19-20(25)15-3-1-2-4-18(15)28-21(19)12-5-8-14(9-6-12)29(23,26)27/h1-11,24H,(H2,23,26,27). The van der Waals surface area contributed by atoms with Crippen molar-refractivity contribution in [2.24, 2.45) is 5.14 Å². The number of aromatic hydroxyl groups is 1. The van der Waals surface area contributed by atoms with Gasteiger partial charge in [0.25, 0.3) is 0 Å². The van der Waals surface area contributed by atoms with E-state index in [-0.39, 0.29) is 32.4 Å². The molecule has 0 amide bonds. The molecule has 8 heteroatoms. The second-order valence-electron chi connectivity index (χ2n) is 6.37. The normalized spacial score (nSPS) is 11.7. The molecule has 4 aromatic rings. The molecule has 3 aromatic carbocycles. The number of nitrogens with two attached hydrogens (primary N) is 1. The Kier molecular flexibility index (Phi) is 4.66. The lowest BCUT2D eigenvalue weighted by molar-refractivity contribution is 0.475. The van der Waals surface area contributed by atoms with E-state index < -0.39 is 10.0 Å². The summed E-state index contributed by atoms with van der Waals surface area (Å²) < 4.78 is 29.1. The highest BCUT2D eigenvalue weighted by atomic mass is 35.5. The smallest absolute Gasteiger partial charge is 0.238 e. The van der Waals surface area contributed by atoms with Crippen LogP contribution >= 0.6 is 11.6 Å². The van der Waals surface area contributed by atoms with E-state index in [0.29, 0.717) is 22.1 Å². The van der Waals surface area contributed by atoms with E-state index in [2.05, 4.69) is 0 Å². The van der Waals surface area contributed by atoms with Crippen molar-refractivity contribution in [1.29, 1.82) is 0 Å². The molecule has 6 nitrogen and oxygen atoms in total. The van der Waals surface area contributed by atoms with Crippen molar-refractivity contribution in [1.82, 2.24) is 0 Å². The average Bonchev–Trinajstić information content (AvgIpc) is 2.70. The first-order valence-corrected chi connectivity index (χ1v) is 10.4. The van der Waals surface area contributed by atoms with E-state index in [1.54, 1.807) is 30.3 Å². The summed E-state index contributed by atoms with van der Waals surface area (Å²) in [6.45, 7) is 0. The summed E-state index contributed by atoms with van der Waals surface area (Å²) in [6, 6.07) is 16.9. The molecule has 1 aromatic heterocycles. The fourth-order valence-corrected chi connectivity index (χ4v) is 3.76. The van der Waals surface area contributed by atoms with Crippen LogP contribution in [0.25, 0.3) is 33.4 Å². The summed E-state index contributed by atoms with van der Waals surface area (Å²) in [5.41, 5.74) is 1.29. The molecule has 4 rings (SSSR count). The third-order valence-corrected chi connectivity index (χ3v) is 5.71. The van der Waals surface area contributed by atoms with Crippen LogP contribution in [0, 0.1) is 0 Å². The van der Waals surface area contributed by atoms with Gasteiger partial charge < -0.3 is 9.52 Å². The summed E-state index contributed by atoms with van der Waals surface area (Å²) >= 11 is 6.04. The molecule has 0 aliphatic heterocycles. The van der Waals surface area contributed by atoms with Crippen LogP contribution in [0.4, 0.5) is 0 Å². The van der Waals surface area contributed by atoms with Gasteiger partial charge in [0.15, 0.2) is 0 Å². The Hall–Kier alpha value is -3.13. The summed E-state index contributed by atoms with van der Waals surface area (Å²) in [5, 5.41) is 15.4. The Balaban J connectivity index is 2.04. The van der Waals surface area contributed by atoms with Crippen LogP contribution in [-0.2, 0) is 10.0 Å². The highest BCUT2D eigenvalue weighted by Gasteiger charge is 2.19. The van der Waals surface area contributed by atoms with Gasteiger partial charge in [-0.2, -0.15) is 0 Å². The Labute approximate surface area is 170 Å². The lowest BCUT2D eigenvalue weighted by atomic mass is 9.98. The molecule has 3 N–H and O–H groups in total. The van der Waals surface area contributed by atoms with Gasteiger partial charge in [0.05, 0.1) is 20.9 Å². The molecule has 0 bridgehead atoms. The van der Waals surface area contributed by atoms with Crippen molar-refractivity contribution in [3.05, 3.63) is 82.0 Å². The highest BCUT2D eigenvalue weighted by molar-refractivity contribution is 7.89.